The fourth-order valence-electron chi connectivity index (χ4n) is 1.44. The molecule has 0 aliphatic rings. The maximum Gasteiger partial charge on any atom is 0.442 e. The van der Waals surface area contributed by atoms with Crippen LogP contribution in [0, 0.1) is 0 Å². The predicted molar refractivity (Wildman–Crippen MR) is 81.7 cm³/mol. The summed E-state index contributed by atoms with van der Waals surface area (Å²) in [6.45, 7) is 0. The SMILES string of the molecule is O=C(Nc1cc(Cl)cc(Cl)c1)c1snnc1CSC(F)(F)F. The Balaban J connectivity index is 2.11. The molecule has 0 bridgehead atoms. The number of rotatable bonds is 4. The minimum Gasteiger partial charge on any atom is -0.321 e. The first-order valence-corrected chi connectivity index (χ1v) is 8.05. The molecule has 0 atom stereocenters. The van der Waals surface area contributed by atoms with E-state index in [1.54, 1.807) is 0 Å². The second kappa shape index (κ2) is 7.03. The van der Waals surface area contributed by atoms with Crippen molar-refractivity contribution < 1.29 is 18.0 Å². The Morgan fingerprint density at radius 2 is 1.91 bits per heavy atom. The third kappa shape index (κ3) is 5.01. The van der Waals surface area contributed by atoms with Gasteiger partial charge in [-0.05, 0) is 41.5 Å². The number of nitrogens with zero attached hydrogens (tertiary/aromatic N) is 2. The zero-order valence-corrected chi connectivity index (χ0v) is 13.6. The van der Waals surface area contributed by atoms with Gasteiger partial charge in [0.15, 0.2) is 0 Å². The molecule has 0 unspecified atom stereocenters. The van der Waals surface area contributed by atoms with Crippen molar-refractivity contribution in [3.63, 3.8) is 0 Å². The number of amides is 1. The molecule has 0 radical (unpaired) electrons. The Kier molecular flexibility index (Phi) is 5.54. The zero-order valence-electron chi connectivity index (χ0n) is 10.4. The lowest BCUT2D eigenvalue weighted by Crippen LogP contribution is -2.13. The monoisotopic (exact) mass is 387 g/mol. The number of benzene rings is 1. The fraction of sp³-hybridized carbons (Fsp3) is 0.182. The lowest BCUT2D eigenvalue weighted by Gasteiger charge is -2.07. The number of anilines is 1. The van der Waals surface area contributed by atoms with Crippen LogP contribution < -0.4 is 5.32 Å². The fourth-order valence-corrected chi connectivity index (χ4v) is 3.13. The van der Waals surface area contributed by atoms with E-state index in [1.807, 2.05) is 0 Å². The number of carbonyl (C=O) groups excluding carboxylic acids is 1. The maximum atomic E-state index is 12.2. The van der Waals surface area contributed by atoms with Gasteiger partial charge in [-0.2, -0.15) is 13.2 Å². The number of thioether (sulfide) groups is 1. The van der Waals surface area contributed by atoms with Gasteiger partial charge in [0.2, 0.25) is 0 Å². The van der Waals surface area contributed by atoms with Gasteiger partial charge in [-0.15, -0.1) is 5.10 Å². The van der Waals surface area contributed by atoms with Crippen molar-refractivity contribution in [1.29, 1.82) is 0 Å². The molecule has 1 N–H and O–H groups in total. The highest BCUT2D eigenvalue weighted by molar-refractivity contribution is 7.99. The molecule has 2 rings (SSSR count). The predicted octanol–water partition coefficient (Wildman–Crippen LogP) is 4.85. The summed E-state index contributed by atoms with van der Waals surface area (Å²) in [4.78, 5) is 12.1. The molecule has 0 saturated heterocycles. The number of hydrogen-bond acceptors (Lipinski definition) is 5. The van der Waals surface area contributed by atoms with Gasteiger partial charge in [0.05, 0.1) is 5.69 Å². The second-order valence-corrected chi connectivity index (χ2v) is 6.56. The number of carbonyl (C=O) groups is 1. The van der Waals surface area contributed by atoms with E-state index >= 15 is 0 Å². The van der Waals surface area contributed by atoms with Crippen LogP contribution in [0.3, 0.4) is 0 Å². The Morgan fingerprint density at radius 1 is 1.27 bits per heavy atom. The Bertz CT molecular complexity index is 673. The molecule has 0 aliphatic heterocycles. The van der Waals surface area contributed by atoms with Crippen molar-refractivity contribution >= 4 is 58.1 Å². The Labute approximate surface area is 141 Å². The number of hydrogen-bond donors (Lipinski definition) is 1. The van der Waals surface area contributed by atoms with Gasteiger partial charge in [-0.1, -0.05) is 27.7 Å². The molecular weight excluding hydrogens is 382 g/mol. The van der Waals surface area contributed by atoms with Gasteiger partial charge in [0.25, 0.3) is 5.91 Å². The minimum absolute atomic E-state index is 0.00727. The Morgan fingerprint density at radius 3 is 2.50 bits per heavy atom. The second-order valence-electron chi connectivity index (χ2n) is 3.90. The van der Waals surface area contributed by atoms with Crippen LogP contribution in [0.2, 0.25) is 10.0 Å². The van der Waals surface area contributed by atoms with Crippen LogP contribution in [0.25, 0.3) is 0 Å². The van der Waals surface area contributed by atoms with E-state index in [1.165, 1.54) is 18.2 Å². The molecular formula is C11H6Cl2F3N3OS2. The van der Waals surface area contributed by atoms with Crippen LogP contribution in [0.15, 0.2) is 18.2 Å². The zero-order chi connectivity index (χ0) is 16.3. The normalized spacial score (nSPS) is 11.5. The molecule has 0 spiro atoms. The molecule has 4 nitrogen and oxygen atoms in total. The van der Waals surface area contributed by atoms with Gasteiger partial charge in [-0.25, -0.2) is 0 Å². The highest BCUT2D eigenvalue weighted by Gasteiger charge is 2.30. The average molecular weight is 388 g/mol. The average Bonchev–Trinajstić information content (AvgIpc) is 2.82. The number of nitrogens with one attached hydrogen (secondary N) is 1. The van der Waals surface area contributed by atoms with Crippen LogP contribution in [0.4, 0.5) is 18.9 Å². The summed E-state index contributed by atoms with van der Waals surface area (Å²) in [7, 11) is 0. The summed E-state index contributed by atoms with van der Waals surface area (Å²) in [5.41, 5.74) is -4.11. The van der Waals surface area contributed by atoms with Crippen LogP contribution >= 0.6 is 46.5 Å². The third-order valence-corrected chi connectivity index (χ3v) is 4.20. The van der Waals surface area contributed by atoms with E-state index in [9.17, 15) is 18.0 Å². The van der Waals surface area contributed by atoms with Gasteiger partial charge in [0, 0.05) is 21.5 Å². The number of aromatic nitrogens is 2. The van der Waals surface area contributed by atoms with Gasteiger partial charge in [0.1, 0.15) is 4.88 Å². The van der Waals surface area contributed by atoms with Gasteiger partial charge in [-0.3, -0.25) is 4.79 Å². The molecule has 118 valence electrons. The summed E-state index contributed by atoms with van der Waals surface area (Å²) >= 11 is 12.0. The highest BCUT2D eigenvalue weighted by Crippen LogP contribution is 2.33. The summed E-state index contributed by atoms with van der Waals surface area (Å²) in [5.74, 6) is -1.11. The van der Waals surface area contributed by atoms with Crippen LogP contribution in [0.1, 0.15) is 15.4 Å². The standard InChI is InChI=1S/C11H6Cl2F3N3OS2/c12-5-1-6(13)3-7(2-5)17-10(20)9-8(18-19-22-9)4-21-11(14,15)16/h1-3H,4H2,(H,17,20). The molecule has 2 aromatic rings. The van der Waals surface area contributed by atoms with E-state index in [4.69, 9.17) is 23.2 Å². The number of alkyl halides is 3. The van der Waals surface area contributed by atoms with Crippen LogP contribution in [0.5, 0.6) is 0 Å². The van der Waals surface area contributed by atoms with E-state index in [0.717, 1.165) is 0 Å². The third-order valence-electron chi connectivity index (χ3n) is 2.25. The van der Waals surface area contributed by atoms with Crippen molar-refractivity contribution in [2.75, 3.05) is 5.32 Å². The largest absolute Gasteiger partial charge is 0.442 e. The maximum absolute atomic E-state index is 12.2. The molecule has 1 aromatic carbocycles. The molecule has 1 amide bonds. The van der Waals surface area contributed by atoms with Crippen molar-refractivity contribution in [3.8, 4) is 0 Å². The van der Waals surface area contributed by atoms with E-state index < -0.39 is 17.2 Å². The first-order valence-electron chi connectivity index (χ1n) is 5.54. The highest BCUT2D eigenvalue weighted by atomic mass is 35.5. The minimum atomic E-state index is -4.40. The Hall–Kier alpha value is -1.03. The van der Waals surface area contributed by atoms with E-state index in [2.05, 4.69) is 14.9 Å². The molecule has 1 heterocycles. The van der Waals surface area contributed by atoms with Crippen molar-refractivity contribution in [2.45, 2.75) is 11.3 Å². The molecule has 0 saturated carbocycles. The lowest BCUT2D eigenvalue weighted by molar-refractivity contribution is -0.0329. The number of halogens is 5. The van der Waals surface area contributed by atoms with E-state index in [0.29, 0.717) is 27.3 Å². The van der Waals surface area contributed by atoms with Crippen LogP contribution in [-0.4, -0.2) is 21.0 Å². The van der Waals surface area contributed by atoms with Crippen molar-refractivity contribution in [2.24, 2.45) is 0 Å². The lowest BCUT2D eigenvalue weighted by atomic mass is 10.3. The quantitative estimate of drug-likeness (QED) is 0.814. The van der Waals surface area contributed by atoms with Crippen molar-refractivity contribution in [3.05, 3.63) is 38.8 Å². The van der Waals surface area contributed by atoms with Gasteiger partial charge < -0.3 is 5.32 Å². The summed E-state index contributed by atoms with van der Waals surface area (Å²) < 4.78 is 40.1. The first-order chi connectivity index (χ1) is 10.2. The van der Waals surface area contributed by atoms with Gasteiger partial charge >= 0.3 is 5.51 Å². The molecule has 0 fully saturated rings. The molecule has 22 heavy (non-hydrogen) atoms. The smallest absolute Gasteiger partial charge is 0.321 e. The summed E-state index contributed by atoms with van der Waals surface area (Å²) in [6.07, 6.45) is 0. The topological polar surface area (TPSA) is 54.9 Å². The van der Waals surface area contributed by atoms with E-state index in [-0.39, 0.29) is 22.3 Å². The van der Waals surface area contributed by atoms with Crippen LogP contribution in [-0.2, 0) is 5.75 Å². The molecule has 1 aromatic heterocycles. The molecule has 0 aliphatic carbocycles. The first kappa shape index (κ1) is 17.3. The summed E-state index contributed by atoms with van der Waals surface area (Å²) in [6, 6.07) is 4.41. The van der Waals surface area contributed by atoms with Crippen molar-refractivity contribution in [1.82, 2.24) is 9.59 Å². The molecule has 11 heteroatoms. The summed E-state index contributed by atoms with van der Waals surface area (Å²) in [5, 5.41) is 6.68.